The van der Waals surface area contributed by atoms with E-state index in [2.05, 4.69) is 24.9 Å². The molecule has 0 aliphatic rings. The van der Waals surface area contributed by atoms with E-state index < -0.39 is 0 Å². The molecule has 1 heterocycles. The van der Waals surface area contributed by atoms with E-state index in [1.54, 1.807) is 7.11 Å². The van der Waals surface area contributed by atoms with Crippen molar-refractivity contribution in [1.82, 2.24) is 4.98 Å². The van der Waals surface area contributed by atoms with E-state index in [0.29, 0.717) is 5.92 Å². The Kier molecular flexibility index (Phi) is 3.92. The summed E-state index contributed by atoms with van der Waals surface area (Å²) in [6.07, 6.45) is 4.19. The fourth-order valence-corrected chi connectivity index (χ4v) is 2.22. The Bertz CT molecular complexity index is 516. The summed E-state index contributed by atoms with van der Waals surface area (Å²) in [4.78, 5) is 3.27. The van der Waals surface area contributed by atoms with Gasteiger partial charge in [0.15, 0.2) is 0 Å². The summed E-state index contributed by atoms with van der Waals surface area (Å²) >= 11 is 0. The number of aromatic amines is 1. The fourth-order valence-electron chi connectivity index (χ4n) is 2.22. The quantitative estimate of drug-likeness (QED) is 0.846. The van der Waals surface area contributed by atoms with Crippen LogP contribution < -0.4 is 10.5 Å². The van der Waals surface area contributed by atoms with Gasteiger partial charge >= 0.3 is 0 Å². The van der Waals surface area contributed by atoms with Crippen molar-refractivity contribution in [3.63, 3.8) is 0 Å². The van der Waals surface area contributed by atoms with Gasteiger partial charge in [-0.2, -0.15) is 0 Å². The third kappa shape index (κ3) is 2.67. The molecule has 1 aromatic carbocycles. The van der Waals surface area contributed by atoms with Gasteiger partial charge in [0, 0.05) is 23.1 Å². The summed E-state index contributed by atoms with van der Waals surface area (Å²) in [5.74, 6) is 1.57. The van der Waals surface area contributed by atoms with Gasteiger partial charge < -0.3 is 15.5 Å². The highest BCUT2D eigenvalue weighted by Crippen LogP contribution is 2.29. The van der Waals surface area contributed by atoms with Gasteiger partial charge in [-0.3, -0.25) is 0 Å². The summed E-state index contributed by atoms with van der Waals surface area (Å²) in [7, 11) is 1.69. The van der Waals surface area contributed by atoms with Crippen molar-refractivity contribution in [3.8, 4) is 5.75 Å². The second-order valence-corrected chi connectivity index (χ2v) is 5.23. The Labute approximate surface area is 108 Å². The first-order chi connectivity index (χ1) is 8.61. The molecule has 0 aliphatic carbocycles. The number of benzene rings is 1. The number of hydrogen-bond donors (Lipinski definition) is 2. The molecule has 3 nitrogen and oxygen atoms in total. The van der Waals surface area contributed by atoms with Crippen LogP contribution in [0.25, 0.3) is 10.9 Å². The van der Waals surface area contributed by atoms with Crippen molar-refractivity contribution >= 4 is 10.9 Å². The molecule has 0 aliphatic heterocycles. The van der Waals surface area contributed by atoms with Crippen LogP contribution in [0, 0.1) is 5.92 Å². The van der Waals surface area contributed by atoms with Crippen LogP contribution in [0.5, 0.6) is 5.75 Å². The molecule has 1 atom stereocenters. The zero-order valence-corrected chi connectivity index (χ0v) is 11.4. The minimum absolute atomic E-state index is 0.0910. The standard InChI is InChI=1S/C15H22N2O/c1-10(2)4-6-14(16)13-9-17-15-7-5-11(18-3)8-12(13)15/h5,7-10,14,17H,4,6,16H2,1-3H3/t14-/m1/s1. The largest absolute Gasteiger partial charge is 0.497 e. The Morgan fingerprint density at radius 3 is 2.72 bits per heavy atom. The van der Waals surface area contributed by atoms with Crippen LogP contribution in [-0.4, -0.2) is 12.1 Å². The molecule has 0 saturated heterocycles. The van der Waals surface area contributed by atoms with E-state index >= 15 is 0 Å². The van der Waals surface area contributed by atoms with Gasteiger partial charge in [-0.05, 0) is 42.5 Å². The first-order valence-corrected chi connectivity index (χ1v) is 6.52. The Hall–Kier alpha value is -1.48. The van der Waals surface area contributed by atoms with Crippen LogP contribution >= 0.6 is 0 Å². The maximum absolute atomic E-state index is 6.28. The molecule has 0 radical (unpaired) electrons. The molecular formula is C15H22N2O. The molecule has 3 heteroatoms. The zero-order valence-electron chi connectivity index (χ0n) is 11.4. The third-order valence-corrected chi connectivity index (χ3v) is 3.38. The smallest absolute Gasteiger partial charge is 0.119 e. The van der Waals surface area contributed by atoms with Crippen molar-refractivity contribution in [1.29, 1.82) is 0 Å². The highest BCUT2D eigenvalue weighted by atomic mass is 16.5. The topological polar surface area (TPSA) is 51.0 Å². The molecular weight excluding hydrogens is 224 g/mol. The van der Waals surface area contributed by atoms with Crippen molar-refractivity contribution < 1.29 is 4.74 Å². The van der Waals surface area contributed by atoms with Gasteiger partial charge in [0.1, 0.15) is 5.75 Å². The van der Waals surface area contributed by atoms with E-state index in [9.17, 15) is 0 Å². The number of fused-ring (bicyclic) bond motifs is 1. The van der Waals surface area contributed by atoms with Crippen LogP contribution in [0.3, 0.4) is 0 Å². The SMILES string of the molecule is COc1ccc2[nH]cc([C@H](N)CCC(C)C)c2c1. The van der Waals surface area contributed by atoms with E-state index in [4.69, 9.17) is 10.5 Å². The van der Waals surface area contributed by atoms with Crippen LogP contribution in [0.4, 0.5) is 0 Å². The number of ether oxygens (including phenoxy) is 1. The second kappa shape index (κ2) is 5.44. The van der Waals surface area contributed by atoms with Gasteiger partial charge in [0.25, 0.3) is 0 Å². The molecule has 0 saturated carbocycles. The lowest BCUT2D eigenvalue weighted by atomic mass is 9.98. The summed E-state index contributed by atoms with van der Waals surface area (Å²) in [5.41, 5.74) is 8.59. The maximum atomic E-state index is 6.28. The molecule has 0 spiro atoms. The molecule has 3 N–H and O–H groups in total. The van der Waals surface area contributed by atoms with Gasteiger partial charge in [-0.1, -0.05) is 13.8 Å². The fraction of sp³-hybridized carbons (Fsp3) is 0.467. The zero-order chi connectivity index (χ0) is 13.1. The van der Waals surface area contributed by atoms with Crippen molar-refractivity contribution in [3.05, 3.63) is 30.0 Å². The number of methoxy groups -OCH3 is 1. The van der Waals surface area contributed by atoms with E-state index in [1.807, 2.05) is 18.3 Å². The predicted octanol–water partition coefficient (Wildman–Crippen LogP) is 3.61. The van der Waals surface area contributed by atoms with Crippen LogP contribution in [0.15, 0.2) is 24.4 Å². The Balaban J connectivity index is 2.26. The van der Waals surface area contributed by atoms with Gasteiger partial charge in [-0.15, -0.1) is 0 Å². The predicted molar refractivity (Wildman–Crippen MR) is 75.9 cm³/mol. The minimum atomic E-state index is 0.0910. The lowest BCUT2D eigenvalue weighted by Crippen LogP contribution is -2.10. The molecule has 0 fully saturated rings. The van der Waals surface area contributed by atoms with E-state index in [1.165, 1.54) is 10.9 Å². The van der Waals surface area contributed by atoms with Crippen molar-refractivity contribution in [2.24, 2.45) is 11.7 Å². The Morgan fingerprint density at radius 1 is 1.28 bits per heavy atom. The van der Waals surface area contributed by atoms with E-state index in [-0.39, 0.29) is 6.04 Å². The summed E-state index contributed by atoms with van der Waals surface area (Å²) < 4.78 is 5.27. The maximum Gasteiger partial charge on any atom is 0.119 e. The number of H-pyrrole nitrogens is 1. The average molecular weight is 246 g/mol. The molecule has 18 heavy (non-hydrogen) atoms. The van der Waals surface area contributed by atoms with Gasteiger partial charge in [0.2, 0.25) is 0 Å². The van der Waals surface area contributed by atoms with Gasteiger partial charge in [0.05, 0.1) is 7.11 Å². The summed E-state index contributed by atoms with van der Waals surface area (Å²) in [5, 5.41) is 1.17. The number of rotatable bonds is 5. The number of aromatic nitrogens is 1. The van der Waals surface area contributed by atoms with Crippen molar-refractivity contribution in [2.45, 2.75) is 32.7 Å². The molecule has 1 aromatic heterocycles. The molecule has 0 bridgehead atoms. The normalized spacial score (nSPS) is 13.2. The number of nitrogens with two attached hydrogens (primary N) is 1. The molecule has 98 valence electrons. The summed E-state index contributed by atoms with van der Waals surface area (Å²) in [6, 6.07) is 6.14. The molecule has 0 amide bonds. The second-order valence-electron chi connectivity index (χ2n) is 5.23. The first kappa shape index (κ1) is 13.0. The van der Waals surface area contributed by atoms with Crippen LogP contribution in [-0.2, 0) is 0 Å². The molecule has 2 rings (SSSR count). The molecule has 2 aromatic rings. The minimum Gasteiger partial charge on any atom is -0.497 e. The monoisotopic (exact) mass is 246 g/mol. The molecule has 0 unspecified atom stereocenters. The lowest BCUT2D eigenvalue weighted by molar-refractivity contribution is 0.415. The highest BCUT2D eigenvalue weighted by molar-refractivity contribution is 5.85. The first-order valence-electron chi connectivity index (χ1n) is 6.52. The third-order valence-electron chi connectivity index (χ3n) is 3.38. The number of hydrogen-bond acceptors (Lipinski definition) is 2. The van der Waals surface area contributed by atoms with Gasteiger partial charge in [-0.25, -0.2) is 0 Å². The van der Waals surface area contributed by atoms with Crippen LogP contribution in [0.2, 0.25) is 0 Å². The Morgan fingerprint density at radius 2 is 2.06 bits per heavy atom. The van der Waals surface area contributed by atoms with Crippen LogP contribution in [0.1, 0.15) is 38.3 Å². The van der Waals surface area contributed by atoms with E-state index in [0.717, 1.165) is 24.1 Å². The van der Waals surface area contributed by atoms with Crippen molar-refractivity contribution in [2.75, 3.05) is 7.11 Å². The lowest BCUT2D eigenvalue weighted by Gasteiger charge is -2.12. The average Bonchev–Trinajstić information content (AvgIpc) is 2.78. The number of nitrogens with one attached hydrogen (secondary N) is 1. The summed E-state index contributed by atoms with van der Waals surface area (Å²) in [6.45, 7) is 4.45. The highest BCUT2D eigenvalue weighted by Gasteiger charge is 2.12.